The summed E-state index contributed by atoms with van der Waals surface area (Å²) in [5, 5.41) is 11.4. The van der Waals surface area contributed by atoms with E-state index in [4.69, 9.17) is 33.4 Å². The summed E-state index contributed by atoms with van der Waals surface area (Å²) in [6.07, 6.45) is -2.51. The summed E-state index contributed by atoms with van der Waals surface area (Å²) in [5.41, 5.74) is 0.740. The van der Waals surface area contributed by atoms with Gasteiger partial charge >= 0.3 is 6.09 Å². The minimum absolute atomic E-state index is 0.268. The topological polar surface area (TPSA) is 108 Å². The van der Waals surface area contributed by atoms with Crippen molar-refractivity contribution < 1.29 is 38.3 Å². The van der Waals surface area contributed by atoms with Gasteiger partial charge in [0.2, 0.25) is 0 Å². The van der Waals surface area contributed by atoms with Crippen molar-refractivity contribution in [3.05, 3.63) is 59.7 Å². The van der Waals surface area contributed by atoms with Gasteiger partial charge in [-0.05, 0) is 69.5 Å². The number of fused-ring (bicyclic) bond motifs is 1. The van der Waals surface area contributed by atoms with Crippen LogP contribution >= 0.6 is 11.8 Å². The number of nitrogens with zero attached hydrogens (tertiary/aromatic N) is 2. The minimum Gasteiger partial charge on any atom is -0.497 e. The largest absolute Gasteiger partial charge is 0.497 e. The van der Waals surface area contributed by atoms with Gasteiger partial charge in [-0.3, -0.25) is 9.89 Å². The van der Waals surface area contributed by atoms with Gasteiger partial charge in [-0.1, -0.05) is 43.0 Å². The van der Waals surface area contributed by atoms with E-state index in [0.29, 0.717) is 11.7 Å². The Labute approximate surface area is 258 Å². The van der Waals surface area contributed by atoms with Crippen molar-refractivity contribution >= 4 is 23.0 Å². The van der Waals surface area contributed by atoms with Crippen LogP contribution in [0, 0.1) is 0 Å². The molecule has 1 saturated heterocycles. The molecule has 1 fully saturated rings. The molecule has 6 atom stereocenters. The van der Waals surface area contributed by atoms with E-state index in [1.54, 1.807) is 26.0 Å². The first kappa shape index (κ1) is 33.1. The number of benzene rings is 2. The SMILES string of the molecule is CCCN(C(=O)OC(C)(C)C)C1=N[C@@H]2[C@@H](OCc3ccc(OC)cc3)[C@H](OCc3ccc(OC)cc3)[C@@H](C(C)O)O[C@@H]2S1. The third-order valence-corrected chi connectivity index (χ3v) is 8.16. The number of rotatable bonds is 11. The summed E-state index contributed by atoms with van der Waals surface area (Å²) in [7, 11) is 3.25. The van der Waals surface area contributed by atoms with Gasteiger partial charge in [-0.2, -0.15) is 0 Å². The molecule has 11 heteroatoms. The molecule has 2 heterocycles. The predicted molar refractivity (Wildman–Crippen MR) is 166 cm³/mol. The van der Waals surface area contributed by atoms with E-state index in [1.165, 1.54) is 11.8 Å². The maximum atomic E-state index is 13.2. The average molecular weight is 617 g/mol. The molecule has 1 unspecified atom stereocenters. The maximum Gasteiger partial charge on any atom is 0.416 e. The molecule has 0 spiro atoms. The zero-order valence-electron chi connectivity index (χ0n) is 26.0. The number of aliphatic hydroxyl groups is 1. The third-order valence-electron chi connectivity index (χ3n) is 7.01. The molecule has 0 saturated carbocycles. The Morgan fingerprint density at radius 1 is 0.977 bits per heavy atom. The van der Waals surface area contributed by atoms with E-state index < -0.39 is 47.6 Å². The lowest BCUT2D eigenvalue weighted by Crippen LogP contribution is -2.59. The van der Waals surface area contributed by atoms with Gasteiger partial charge in [0.1, 0.15) is 46.9 Å². The number of amidine groups is 1. The Morgan fingerprint density at radius 2 is 1.51 bits per heavy atom. The number of ether oxygens (including phenoxy) is 6. The molecule has 236 valence electrons. The van der Waals surface area contributed by atoms with Crippen LogP contribution in [-0.4, -0.2) is 83.5 Å². The number of aliphatic imine (C=N–C) groups is 1. The number of carbonyl (C=O) groups excluding carboxylic acids is 1. The molecular weight excluding hydrogens is 572 g/mol. The van der Waals surface area contributed by atoms with Crippen LogP contribution in [0.15, 0.2) is 53.5 Å². The number of methoxy groups -OCH3 is 2. The highest BCUT2D eigenvalue weighted by Crippen LogP contribution is 2.41. The van der Waals surface area contributed by atoms with E-state index >= 15 is 0 Å². The first-order valence-electron chi connectivity index (χ1n) is 14.6. The lowest BCUT2D eigenvalue weighted by atomic mass is 9.94. The van der Waals surface area contributed by atoms with Crippen molar-refractivity contribution in [2.75, 3.05) is 20.8 Å². The quantitative estimate of drug-likeness (QED) is 0.355. The number of carbonyl (C=O) groups is 1. The summed E-state index contributed by atoms with van der Waals surface area (Å²) < 4.78 is 35.7. The molecule has 2 aliphatic heterocycles. The van der Waals surface area contributed by atoms with Crippen LogP contribution in [0.1, 0.15) is 52.2 Å². The zero-order valence-corrected chi connectivity index (χ0v) is 26.8. The summed E-state index contributed by atoms with van der Waals surface area (Å²) >= 11 is 1.34. The standard InChI is InChI=1S/C32H44N2O8S/c1-8-17-34(31(36)42-32(3,4)5)30-33-25-27(39-18-21-9-13-23(37-6)14-10-21)28(26(20(2)35)41-29(25)43-30)40-19-22-11-15-24(38-7)16-12-22/h9-16,20,25-29,35H,8,17-19H2,1-7H3/t20?,25-,26-,27-,28-,29-/m1/s1. The summed E-state index contributed by atoms with van der Waals surface area (Å²) in [6.45, 7) is 10.2. The first-order valence-corrected chi connectivity index (χ1v) is 15.5. The van der Waals surface area contributed by atoms with Gasteiger partial charge < -0.3 is 33.5 Å². The minimum atomic E-state index is -0.851. The number of aliphatic hydroxyl groups excluding tert-OH is 1. The highest BCUT2D eigenvalue weighted by atomic mass is 32.2. The lowest BCUT2D eigenvalue weighted by Gasteiger charge is -2.43. The molecule has 2 aliphatic rings. The second-order valence-corrected chi connectivity index (χ2v) is 12.7. The Kier molecular flexibility index (Phi) is 11.4. The van der Waals surface area contributed by atoms with Crippen LogP contribution in [-0.2, 0) is 32.2 Å². The third kappa shape index (κ3) is 8.63. The van der Waals surface area contributed by atoms with Crippen LogP contribution < -0.4 is 9.47 Å². The van der Waals surface area contributed by atoms with Crippen LogP contribution in [0.4, 0.5) is 4.79 Å². The van der Waals surface area contributed by atoms with E-state index in [1.807, 2.05) is 76.2 Å². The van der Waals surface area contributed by atoms with Gasteiger partial charge in [0.25, 0.3) is 0 Å². The molecule has 1 N–H and O–H groups in total. The van der Waals surface area contributed by atoms with E-state index in [9.17, 15) is 9.90 Å². The van der Waals surface area contributed by atoms with Crippen LogP contribution in [0.5, 0.6) is 11.5 Å². The second kappa shape index (κ2) is 14.8. The van der Waals surface area contributed by atoms with Crippen molar-refractivity contribution in [3.8, 4) is 11.5 Å². The Balaban J connectivity index is 1.63. The molecule has 4 rings (SSSR count). The molecule has 2 aromatic rings. The number of hydrogen-bond donors (Lipinski definition) is 1. The maximum absolute atomic E-state index is 13.2. The zero-order chi connectivity index (χ0) is 31.1. The van der Waals surface area contributed by atoms with E-state index in [-0.39, 0.29) is 13.2 Å². The van der Waals surface area contributed by atoms with Gasteiger partial charge in [0.15, 0.2) is 5.17 Å². The number of amides is 1. The normalized spacial score (nSPS) is 24.1. The lowest BCUT2D eigenvalue weighted by molar-refractivity contribution is -0.218. The molecule has 10 nitrogen and oxygen atoms in total. The molecule has 43 heavy (non-hydrogen) atoms. The van der Waals surface area contributed by atoms with Crippen LogP contribution in [0.25, 0.3) is 0 Å². The molecule has 1 amide bonds. The Bertz CT molecular complexity index is 1220. The van der Waals surface area contributed by atoms with Gasteiger partial charge in [0, 0.05) is 6.54 Å². The molecule has 0 aromatic heterocycles. The average Bonchev–Trinajstić information content (AvgIpc) is 3.40. The van der Waals surface area contributed by atoms with E-state index in [0.717, 1.165) is 29.0 Å². The number of hydrogen-bond acceptors (Lipinski definition) is 10. The van der Waals surface area contributed by atoms with Crippen molar-refractivity contribution in [3.63, 3.8) is 0 Å². The predicted octanol–water partition coefficient (Wildman–Crippen LogP) is 5.40. The van der Waals surface area contributed by atoms with Gasteiger partial charge in [0.05, 0.1) is 33.5 Å². The van der Waals surface area contributed by atoms with Crippen molar-refractivity contribution in [1.29, 1.82) is 0 Å². The van der Waals surface area contributed by atoms with Crippen molar-refractivity contribution in [2.24, 2.45) is 4.99 Å². The fourth-order valence-electron chi connectivity index (χ4n) is 4.88. The Hall–Kier alpha value is -2.83. The fraction of sp³-hybridized carbons (Fsp3) is 0.562. The first-order chi connectivity index (χ1) is 20.5. The van der Waals surface area contributed by atoms with Crippen molar-refractivity contribution in [1.82, 2.24) is 4.90 Å². The molecule has 0 bridgehead atoms. The Morgan fingerprint density at radius 3 is 1.98 bits per heavy atom. The van der Waals surface area contributed by atoms with Gasteiger partial charge in [-0.25, -0.2) is 4.79 Å². The molecule has 2 aromatic carbocycles. The highest BCUT2D eigenvalue weighted by molar-refractivity contribution is 8.14. The molecule has 0 aliphatic carbocycles. The fourth-order valence-corrected chi connectivity index (χ4v) is 6.10. The van der Waals surface area contributed by atoms with Crippen molar-refractivity contribution in [2.45, 2.75) is 95.7 Å². The van der Waals surface area contributed by atoms with Gasteiger partial charge in [-0.15, -0.1) is 0 Å². The summed E-state index contributed by atoms with van der Waals surface area (Å²) in [6, 6.07) is 14.8. The van der Waals surface area contributed by atoms with Crippen LogP contribution in [0.2, 0.25) is 0 Å². The second-order valence-electron chi connectivity index (χ2n) is 11.6. The number of thioether (sulfide) groups is 1. The molecule has 0 radical (unpaired) electrons. The van der Waals surface area contributed by atoms with Crippen LogP contribution in [0.3, 0.4) is 0 Å². The summed E-state index contributed by atoms with van der Waals surface area (Å²) in [5.74, 6) is 1.51. The van der Waals surface area contributed by atoms with E-state index in [2.05, 4.69) is 0 Å². The smallest absolute Gasteiger partial charge is 0.416 e. The monoisotopic (exact) mass is 616 g/mol. The summed E-state index contributed by atoms with van der Waals surface area (Å²) in [4.78, 5) is 19.7. The highest BCUT2D eigenvalue weighted by Gasteiger charge is 2.53. The molecular formula is C32H44N2O8S.